The minimum absolute atomic E-state index is 0.533. The van der Waals surface area contributed by atoms with E-state index in [2.05, 4.69) is 40.0 Å². The van der Waals surface area contributed by atoms with Gasteiger partial charge in [-0.3, -0.25) is 0 Å². The Labute approximate surface area is 93.0 Å². The van der Waals surface area contributed by atoms with Gasteiger partial charge < -0.3 is 0 Å². The molecule has 0 fully saturated rings. The molecule has 0 N–H and O–H groups in total. The van der Waals surface area contributed by atoms with Crippen LogP contribution in [0.5, 0.6) is 0 Å². The van der Waals surface area contributed by atoms with Crippen molar-refractivity contribution in [2.45, 2.75) is 38.9 Å². The molecule has 0 aromatic rings. The van der Waals surface area contributed by atoms with Crippen molar-refractivity contribution >= 4 is 24.4 Å². The Hall–Kier alpha value is 0.440. The van der Waals surface area contributed by atoms with E-state index < -0.39 is 0 Å². The first kappa shape index (κ1) is 13.4. The summed E-state index contributed by atoms with van der Waals surface area (Å²) in [5, 5.41) is 0.533. The van der Waals surface area contributed by atoms with Gasteiger partial charge in [-0.2, -0.15) is 24.4 Å². The zero-order chi connectivity index (χ0) is 10.3. The monoisotopic (exact) mass is 218 g/mol. The number of hydrogen-bond acceptors (Lipinski definition) is 2. The fourth-order valence-electron chi connectivity index (χ4n) is 1.11. The van der Waals surface area contributed by atoms with Crippen LogP contribution in [0.1, 0.15) is 33.6 Å². The summed E-state index contributed by atoms with van der Waals surface area (Å²) in [6.07, 6.45) is 2.37. The minimum atomic E-state index is 0.533. The van der Waals surface area contributed by atoms with E-state index in [-0.39, 0.29) is 0 Å². The first-order chi connectivity index (χ1) is 6.02. The van der Waals surface area contributed by atoms with Gasteiger partial charge >= 0.3 is 0 Å². The second-order valence-electron chi connectivity index (χ2n) is 4.04. The molecular formula is C11H22S2. The predicted octanol–water partition coefficient (Wildman–Crippen LogP) is 4.03. The third-order valence-electron chi connectivity index (χ3n) is 1.68. The maximum Gasteiger partial charge on any atom is 0.0140 e. The molecule has 0 nitrogen and oxygen atoms in total. The summed E-state index contributed by atoms with van der Waals surface area (Å²) in [7, 11) is 0. The molecule has 0 rings (SSSR count). The zero-order valence-electron chi connectivity index (χ0n) is 9.05. The highest BCUT2D eigenvalue weighted by Crippen LogP contribution is 2.16. The molecule has 78 valence electrons. The van der Waals surface area contributed by atoms with Crippen LogP contribution >= 0.6 is 24.4 Å². The molecule has 0 radical (unpaired) electrons. The molecule has 0 aliphatic rings. The van der Waals surface area contributed by atoms with E-state index in [0.717, 1.165) is 11.7 Å². The summed E-state index contributed by atoms with van der Waals surface area (Å²) in [4.78, 5) is 0. The van der Waals surface area contributed by atoms with E-state index in [1.807, 2.05) is 11.8 Å². The molecule has 0 heterocycles. The van der Waals surface area contributed by atoms with Crippen molar-refractivity contribution in [3.8, 4) is 0 Å². The molecule has 1 atom stereocenters. The van der Waals surface area contributed by atoms with E-state index in [1.165, 1.54) is 24.2 Å². The summed E-state index contributed by atoms with van der Waals surface area (Å²) in [6.45, 7) is 10.7. The Balaban J connectivity index is 3.27. The third-order valence-corrected chi connectivity index (χ3v) is 3.08. The van der Waals surface area contributed by atoms with E-state index in [9.17, 15) is 0 Å². The Bertz CT molecular complexity index is 139. The molecule has 1 unspecified atom stereocenters. The van der Waals surface area contributed by atoms with Gasteiger partial charge in [-0.15, -0.1) is 0 Å². The second kappa shape index (κ2) is 7.81. The molecule has 2 heteroatoms. The fourth-order valence-corrected chi connectivity index (χ4v) is 2.48. The summed E-state index contributed by atoms with van der Waals surface area (Å²) >= 11 is 6.33. The van der Waals surface area contributed by atoms with Crippen molar-refractivity contribution < 1.29 is 0 Å². The van der Waals surface area contributed by atoms with E-state index in [4.69, 9.17) is 0 Å². The van der Waals surface area contributed by atoms with Gasteiger partial charge in [0.15, 0.2) is 0 Å². The Kier molecular flexibility index (Phi) is 8.07. The molecule has 0 aliphatic carbocycles. The Morgan fingerprint density at radius 3 is 2.46 bits per heavy atom. The molecule has 0 aliphatic heterocycles. The van der Waals surface area contributed by atoms with Gasteiger partial charge in [0, 0.05) is 5.75 Å². The van der Waals surface area contributed by atoms with Gasteiger partial charge in [-0.1, -0.05) is 32.9 Å². The zero-order valence-corrected chi connectivity index (χ0v) is 10.8. The molecular weight excluding hydrogens is 196 g/mol. The molecule has 0 bridgehead atoms. The van der Waals surface area contributed by atoms with Gasteiger partial charge in [0.05, 0.1) is 0 Å². The lowest BCUT2D eigenvalue weighted by molar-refractivity contribution is 0.645. The number of thioether (sulfide) groups is 1. The SMILES string of the molecule is C=C(CSCCC(C)S)CC(C)C. The van der Waals surface area contributed by atoms with Crippen LogP contribution in [-0.4, -0.2) is 16.8 Å². The average Bonchev–Trinajstić information content (AvgIpc) is 1.96. The van der Waals surface area contributed by atoms with Crippen molar-refractivity contribution in [3.63, 3.8) is 0 Å². The molecule has 13 heavy (non-hydrogen) atoms. The van der Waals surface area contributed by atoms with E-state index in [1.54, 1.807) is 0 Å². The average molecular weight is 218 g/mol. The lowest BCUT2D eigenvalue weighted by Crippen LogP contribution is -1.97. The molecule has 0 aromatic heterocycles. The summed E-state index contributed by atoms with van der Waals surface area (Å²) in [6, 6.07) is 0. The van der Waals surface area contributed by atoms with Crippen molar-refractivity contribution in [2.24, 2.45) is 5.92 Å². The van der Waals surface area contributed by atoms with Crippen LogP contribution in [0, 0.1) is 5.92 Å². The molecule has 0 spiro atoms. The van der Waals surface area contributed by atoms with Crippen molar-refractivity contribution in [2.75, 3.05) is 11.5 Å². The number of rotatable bonds is 7. The maximum absolute atomic E-state index is 4.34. The maximum atomic E-state index is 4.34. The van der Waals surface area contributed by atoms with Crippen LogP contribution in [-0.2, 0) is 0 Å². The van der Waals surface area contributed by atoms with Gasteiger partial charge in [0.1, 0.15) is 0 Å². The largest absolute Gasteiger partial charge is 0.176 e. The second-order valence-corrected chi connectivity index (χ2v) is 6.02. The molecule has 0 saturated heterocycles. The Morgan fingerprint density at radius 1 is 1.38 bits per heavy atom. The van der Waals surface area contributed by atoms with Crippen LogP contribution in [0.25, 0.3) is 0 Å². The van der Waals surface area contributed by atoms with Crippen LogP contribution in [0.2, 0.25) is 0 Å². The highest BCUT2D eigenvalue weighted by atomic mass is 32.2. The smallest absolute Gasteiger partial charge is 0.0140 e. The van der Waals surface area contributed by atoms with E-state index >= 15 is 0 Å². The first-order valence-corrected chi connectivity index (χ1v) is 6.62. The standard InChI is InChI=1S/C11H22S2/c1-9(2)7-10(3)8-13-6-5-11(4)12/h9,11-12H,3,5-8H2,1-2,4H3. The normalized spacial score (nSPS) is 13.3. The van der Waals surface area contributed by atoms with Crippen LogP contribution < -0.4 is 0 Å². The first-order valence-electron chi connectivity index (χ1n) is 4.94. The van der Waals surface area contributed by atoms with Crippen LogP contribution in [0.15, 0.2) is 12.2 Å². The van der Waals surface area contributed by atoms with Crippen LogP contribution in [0.3, 0.4) is 0 Å². The lowest BCUT2D eigenvalue weighted by atomic mass is 10.1. The summed E-state index contributed by atoms with van der Waals surface area (Å²) < 4.78 is 0. The summed E-state index contributed by atoms with van der Waals surface area (Å²) in [5.74, 6) is 3.08. The minimum Gasteiger partial charge on any atom is -0.176 e. The van der Waals surface area contributed by atoms with Gasteiger partial charge in [0.2, 0.25) is 0 Å². The van der Waals surface area contributed by atoms with Gasteiger partial charge in [-0.25, -0.2) is 0 Å². The molecule has 0 amide bonds. The highest BCUT2D eigenvalue weighted by Gasteiger charge is 2.00. The topological polar surface area (TPSA) is 0 Å². The molecule has 0 aromatic carbocycles. The quantitative estimate of drug-likeness (QED) is 0.382. The lowest BCUT2D eigenvalue weighted by Gasteiger charge is -2.08. The van der Waals surface area contributed by atoms with Crippen molar-refractivity contribution in [3.05, 3.63) is 12.2 Å². The van der Waals surface area contributed by atoms with Gasteiger partial charge in [-0.05, 0) is 29.8 Å². The number of thiol groups is 1. The third kappa shape index (κ3) is 10.4. The van der Waals surface area contributed by atoms with Crippen molar-refractivity contribution in [1.29, 1.82) is 0 Å². The number of hydrogen-bond donors (Lipinski definition) is 1. The Morgan fingerprint density at radius 2 is 2.00 bits per heavy atom. The van der Waals surface area contributed by atoms with Gasteiger partial charge in [0.25, 0.3) is 0 Å². The summed E-state index contributed by atoms with van der Waals surface area (Å²) in [5.41, 5.74) is 1.38. The predicted molar refractivity (Wildman–Crippen MR) is 69.0 cm³/mol. The van der Waals surface area contributed by atoms with E-state index in [0.29, 0.717) is 5.25 Å². The molecule has 0 saturated carbocycles. The van der Waals surface area contributed by atoms with Crippen LogP contribution in [0.4, 0.5) is 0 Å². The fraction of sp³-hybridized carbons (Fsp3) is 0.818. The highest BCUT2D eigenvalue weighted by molar-refractivity contribution is 7.99. The van der Waals surface area contributed by atoms with Crippen molar-refractivity contribution in [1.82, 2.24) is 0 Å².